The molecule has 0 radical (unpaired) electrons. The number of fused-ring (bicyclic) bond motifs is 4. The Kier molecular flexibility index (Phi) is 11.3. The van der Waals surface area contributed by atoms with Gasteiger partial charge in [-0.05, 0) is 73.0 Å². The number of alkyl halides is 1. The van der Waals surface area contributed by atoms with Gasteiger partial charge < -0.3 is 42.4 Å². The molecule has 7 heterocycles. The quantitative estimate of drug-likeness (QED) is 0.186. The highest BCUT2D eigenvalue weighted by atomic mass is 32.5. The summed E-state index contributed by atoms with van der Waals surface area (Å²) in [6.45, 7) is 0.411. The van der Waals surface area contributed by atoms with Crippen LogP contribution in [0.1, 0.15) is 57.3 Å². The van der Waals surface area contributed by atoms with Gasteiger partial charge in [0.05, 0.1) is 38.4 Å². The Labute approximate surface area is 338 Å². The molecule has 312 valence electrons. The second-order valence-corrected chi connectivity index (χ2v) is 26.5. The highest BCUT2D eigenvalue weighted by Crippen LogP contribution is 2.55. The average molecular weight is 890 g/mol. The Bertz CT molecular complexity index is 2330. The molecule has 2 unspecified atom stereocenters. The Hall–Kier alpha value is -1.98. The molecule has 3 aliphatic heterocycles. The maximum absolute atomic E-state index is 16.8. The molecular weight excluding hydrogens is 844 g/mol. The van der Waals surface area contributed by atoms with E-state index in [2.05, 4.69) is 19.9 Å². The summed E-state index contributed by atoms with van der Waals surface area (Å²) in [6.07, 6.45) is -1.11. The predicted octanol–water partition coefficient (Wildman–Crippen LogP) is 3.68. The van der Waals surface area contributed by atoms with Crippen molar-refractivity contribution in [3.05, 3.63) is 46.8 Å². The lowest BCUT2D eigenvalue weighted by atomic mass is 10.1. The molecule has 4 aromatic rings. The first-order valence-corrected chi connectivity index (χ1v) is 26.8. The van der Waals surface area contributed by atoms with Crippen molar-refractivity contribution in [1.82, 2.24) is 33.6 Å². The topological polar surface area (TPSA) is 209 Å². The number of aryl methyl sites for hydroxylation is 2. The van der Waals surface area contributed by atoms with Crippen molar-refractivity contribution in [2.45, 2.75) is 120 Å². The molecule has 8 rings (SSSR count). The van der Waals surface area contributed by atoms with Gasteiger partial charge in [0.1, 0.15) is 48.8 Å². The summed E-state index contributed by atoms with van der Waals surface area (Å²) in [5.74, 6) is 0. The van der Waals surface area contributed by atoms with E-state index < -0.39 is 89.7 Å². The van der Waals surface area contributed by atoms with Crippen LogP contribution in [0.5, 0.6) is 0 Å². The number of halogens is 1. The molecule has 0 amide bonds. The molecule has 3 fully saturated rings. The smallest absolute Gasteiger partial charge is 0.325 e. The van der Waals surface area contributed by atoms with Crippen molar-refractivity contribution in [1.29, 1.82) is 0 Å². The van der Waals surface area contributed by atoms with Gasteiger partial charge in [0.25, 0.3) is 5.56 Å². The van der Waals surface area contributed by atoms with Gasteiger partial charge in [0.2, 0.25) is 0 Å². The third-order valence-electron chi connectivity index (χ3n) is 11.4. The van der Waals surface area contributed by atoms with E-state index in [1.165, 1.54) is 28.1 Å². The molecule has 2 bridgehead atoms. The Morgan fingerprint density at radius 1 is 0.930 bits per heavy atom. The minimum absolute atomic E-state index is 0.00888. The SMILES string of the molecule is CC(C)(C)[Si](C)(C)O[C@H]1[C@H]2OP(O)(=S)OC[C@H]3O[C@@H](n4cc5c6c(ncnc64)CCCC5)[C@H](F)[C@@H]3OP(O)(=S)OC[C@H]1O[C@H]2n1cnc2c(=O)n(CCO)cnc21. The summed E-state index contributed by atoms with van der Waals surface area (Å²) in [4.78, 5) is 54.2. The number of rotatable bonds is 6. The highest BCUT2D eigenvalue weighted by Gasteiger charge is 2.56. The van der Waals surface area contributed by atoms with E-state index in [-0.39, 0.29) is 29.4 Å². The van der Waals surface area contributed by atoms with E-state index in [9.17, 15) is 19.7 Å². The number of hydrogen-bond donors (Lipinski definition) is 3. The van der Waals surface area contributed by atoms with Gasteiger partial charge in [0.15, 0.2) is 38.1 Å². The second-order valence-electron chi connectivity index (χ2n) is 16.2. The molecule has 24 heteroatoms. The molecule has 4 aliphatic rings. The van der Waals surface area contributed by atoms with Crippen LogP contribution in [0.2, 0.25) is 18.1 Å². The maximum Gasteiger partial charge on any atom is 0.325 e. The minimum atomic E-state index is -4.27. The van der Waals surface area contributed by atoms with Crippen LogP contribution in [0.4, 0.5) is 4.39 Å². The average Bonchev–Trinajstić information content (AvgIpc) is 3.85. The van der Waals surface area contributed by atoms with Crippen molar-refractivity contribution in [2.24, 2.45) is 0 Å². The lowest BCUT2D eigenvalue weighted by Gasteiger charge is -2.40. The molecule has 3 N–H and O–H groups in total. The Balaban J connectivity index is 1.15. The summed E-state index contributed by atoms with van der Waals surface area (Å²) in [6, 6.07) is 0. The number of nitrogens with zero attached hydrogens (tertiary/aromatic N) is 7. The third kappa shape index (κ3) is 7.90. The van der Waals surface area contributed by atoms with E-state index in [1.54, 1.807) is 4.57 Å². The van der Waals surface area contributed by atoms with E-state index in [0.29, 0.717) is 5.65 Å². The lowest BCUT2D eigenvalue weighted by Crippen LogP contribution is -2.50. The number of hydrogen-bond acceptors (Lipinski definition) is 15. The molecule has 1 aliphatic carbocycles. The van der Waals surface area contributed by atoms with Gasteiger partial charge in [-0.3, -0.25) is 23.0 Å². The fraction of sp³-hybridized carbons (Fsp3) is 0.667. The Morgan fingerprint density at radius 2 is 1.61 bits per heavy atom. The first-order chi connectivity index (χ1) is 26.9. The monoisotopic (exact) mass is 889 g/mol. The standard InChI is InChI=1S/C33H46FN7O11P2S2Si/c1-33(2,3)57(4,5)52-26-21-14-47-53(44,55)50-25-20(48-31(23(25)34)40-12-18-8-6-7-9-19-22(18)28(40)36-15-35-19)13-46-54(45,56)51-27(26)32(49-21)41-17-37-24-29(41)38-16-39(10-11-42)30(24)43/h12,15-17,20-21,23,25-27,31-32,42H,6-11,13-14H2,1-5H3,(H,44,55)(H,45,56)/t20-,21-,23-,25-,26-,27-,31-,32-,53?,54?/m1/s1. The van der Waals surface area contributed by atoms with E-state index in [0.717, 1.165) is 42.3 Å². The van der Waals surface area contributed by atoms with Gasteiger partial charge in [0, 0.05) is 11.6 Å². The molecule has 0 spiro atoms. The zero-order chi connectivity index (χ0) is 40.7. The summed E-state index contributed by atoms with van der Waals surface area (Å²) >= 11 is 11.1. The van der Waals surface area contributed by atoms with Crippen molar-refractivity contribution in [3.63, 3.8) is 0 Å². The fourth-order valence-electron chi connectivity index (χ4n) is 7.53. The van der Waals surface area contributed by atoms with E-state index in [1.807, 2.05) is 40.1 Å². The lowest BCUT2D eigenvalue weighted by molar-refractivity contribution is -0.0601. The van der Waals surface area contributed by atoms with Crippen LogP contribution >= 0.6 is 13.4 Å². The zero-order valence-corrected chi connectivity index (χ0v) is 36.3. The van der Waals surface area contributed by atoms with Crippen LogP contribution in [0.3, 0.4) is 0 Å². The van der Waals surface area contributed by atoms with Gasteiger partial charge in [-0.25, -0.2) is 24.3 Å². The van der Waals surface area contributed by atoms with Crippen LogP contribution in [-0.4, -0.2) is 113 Å². The van der Waals surface area contributed by atoms with Crippen molar-refractivity contribution >= 4 is 67.6 Å². The van der Waals surface area contributed by atoms with Crippen LogP contribution in [0.25, 0.3) is 22.2 Å². The van der Waals surface area contributed by atoms with Gasteiger partial charge in [-0.1, -0.05) is 20.8 Å². The summed E-state index contributed by atoms with van der Waals surface area (Å²) in [5, 5.41) is 9.98. The molecule has 4 aromatic heterocycles. The molecule has 0 aromatic carbocycles. The van der Waals surface area contributed by atoms with Crippen LogP contribution in [-0.2, 0) is 75.0 Å². The highest BCUT2D eigenvalue weighted by molar-refractivity contribution is 8.07. The van der Waals surface area contributed by atoms with Gasteiger partial charge in [-0.2, -0.15) is 0 Å². The maximum atomic E-state index is 16.8. The molecule has 0 saturated carbocycles. The number of aliphatic hydroxyl groups is 1. The van der Waals surface area contributed by atoms with Crippen LogP contribution < -0.4 is 5.56 Å². The number of imidazole rings is 1. The Morgan fingerprint density at radius 3 is 2.33 bits per heavy atom. The largest absolute Gasteiger partial charge is 0.408 e. The summed E-state index contributed by atoms with van der Waals surface area (Å²) in [5.41, 5.74) is 1.96. The molecule has 18 nitrogen and oxygen atoms in total. The molecule has 10 atom stereocenters. The van der Waals surface area contributed by atoms with Crippen molar-refractivity contribution < 1.29 is 51.3 Å². The van der Waals surface area contributed by atoms with E-state index in [4.69, 9.17) is 55.6 Å². The normalized spacial score (nSPS) is 34.1. The predicted molar refractivity (Wildman–Crippen MR) is 212 cm³/mol. The first-order valence-electron chi connectivity index (χ1n) is 18.7. The second kappa shape index (κ2) is 15.5. The number of aliphatic hydroxyl groups excluding tert-OH is 1. The van der Waals surface area contributed by atoms with E-state index >= 15 is 4.39 Å². The first kappa shape index (κ1) is 41.7. The fourth-order valence-corrected chi connectivity index (χ4v) is 11.7. The third-order valence-corrected chi connectivity index (χ3v) is 19.0. The zero-order valence-electron chi connectivity index (χ0n) is 31.9. The van der Waals surface area contributed by atoms with Crippen LogP contribution in [0, 0.1) is 0 Å². The van der Waals surface area contributed by atoms with Crippen molar-refractivity contribution in [3.8, 4) is 0 Å². The van der Waals surface area contributed by atoms with Crippen molar-refractivity contribution in [2.75, 3.05) is 19.8 Å². The molecular formula is C33H46FN7O11P2S2Si. The van der Waals surface area contributed by atoms with Crippen LogP contribution in [0.15, 0.2) is 30.0 Å². The van der Waals surface area contributed by atoms with Gasteiger partial charge >= 0.3 is 13.4 Å². The summed E-state index contributed by atoms with van der Waals surface area (Å²) in [7, 11) is -2.67. The number of aromatic nitrogens is 7. The minimum Gasteiger partial charge on any atom is -0.408 e. The van der Waals surface area contributed by atoms with Gasteiger partial charge in [-0.15, -0.1) is 0 Å². The number of ether oxygens (including phenoxy) is 2. The molecule has 3 saturated heterocycles. The molecule has 57 heavy (non-hydrogen) atoms. The summed E-state index contributed by atoms with van der Waals surface area (Å²) < 4.78 is 64.8.